The summed E-state index contributed by atoms with van der Waals surface area (Å²) in [5, 5.41) is 10.8. The Morgan fingerprint density at radius 2 is 2.05 bits per heavy atom. The van der Waals surface area contributed by atoms with Crippen LogP contribution in [0.2, 0.25) is 0 Å². The molecule has 0 spiro atoms. The highest BCUT2D eigenvalue weighted by Crippen LogP contribution is 2.12. The zero-order valence-electron chi connectivity index (χ0n) is 10.4. The summed E-state index contributed by atoms with van der Waals surface area (Å²) in [6.07, 6.45) is -2.22. The van der Waals surface area contributed by atoms with Crippen LogP contribution in [0, 0.1) is 0 Å². The maximum Gasteiger partial charge on any atom is 0.405 e. The van der Waals surface area contributed by atoms with Crippen LogP contribution in [0.3, 0.4) is 0 Å². The molecule has 1 aromatic rings. The Kier molecular flexibility index (Phi) is 4.89. The van der Waals surface area contributed by atoms with E-state index in [4.69, 9.17) is 5.11 Å². The van der Waals surface area contributed by atoms with Crippen molar-refractivity contribution in [3.05, 3.63) is 24.0 Å². The van der Waals surface area contributed by atoms with Crippen molar-refractivity contribution in [3.8, 4) is 5.75 Å². The second kappa shape index (κ2) is 6.22. The molecule has 0 aliphatic carbocycles. The van der Waals surface area contributed by atoms with E-state index in [9.17, 15) is 22.8 Å². The first-order chi connectivity index (χ1) is 9.19. The number of hydrogen-bond acceptors (Lipinski definition) is 4. The molecule has 0 aliphatic rings. The average molecular weight is 291 g/mol. The zero-order valence-corrected chi connectivity index (χ0v) is 10.4. The molecule has 0 saturated carbocycles. The quantitative estimate of drug-likeness (QED) is 0.848. The van der Waals surface area contributed by atoms with Gasteiger partial charge in [-0.3, -0.25) is 14.6 Å². The van der Waals surface area contributed by atoms with E-state index in [-0.39, 0.29) is 11.3 Å². The number of alkyl halides is 3. The number of halogens is 3. The molecule has 1 aromatic heterocycles. The molecule has 0 saturated heterocycles. The Hall–Kier alpha value is -2.32. The Bertz CT molecular complexity index is 505. The average Bonchev–Trinajstić information content (AvgIpc) is 2.34. The van der Waals surface area contributed by atoms with E-state index in [1.54, 1.807) is 5.32 Å². The molecule has 2 N–H and O–H groups in total. The summed E-state index contributed by atoms with van der Waals surface area (Å²) < 4.78 is 35.7. The third kappa shape index (κ3) is 5.12. The summed E-state index contributed by atoms with van der Waals surface area (Å²) >= 11 is 0. The Labute approximate surface area is 112 Å². The van der Waals surface area contributed by atoms with E-state index < -0.39 is 31.1 Å². The molecule has 2 amide bonds. The summed E-state index contributed by atoms with van der Waals surface area (Å²) in [6, 6.07) is 1.14. The van der Waals surface area contributed by atoms with Crippen molar-refractivity contribution in [1.82, 2.24) is 15.2 Å². The van der Waals surface area contributed by atoms with Crippen molar-refractivity contribution in [2.75, 3.05) is 20.1 Å². The molecule has 0 atom stereocenters. The number of carbonyl (C=O) groups excluding carboxylic acids is 2. The summed E-state index contributed by atoms with van der Waals surface area (Å²) in [5.41, 5.74) is 0.0242. The van der Waals surface area contributed by atoms with Gasteiger partial charge in [0.1, 0.15) is 12.3 Å². The predicted octanol–water partition coefficient (Wildman–Crippen LogP) is 0.538. The topological polar surface area (TPSA) is 82.5 Å². The molecule has 1 heterocycles. The second-order valence-electron chi connectivity index (χ2n) is 3.98. The normalized spacial score (nSPS) is 11.0. The first-order valence-electron chi connectivity index (χ1n) is 5.42. The number of amides is 2. The fourth-order valence-electron chi connectivity index (χ4n) is 1.31. The summed E-state index contributed by atoms with van der Waals surface area (Å²) in [7, 11) is 1.25. The Morgan fingerprint density at radius 3 is 2.60 bits per heavy atom. The fourth-order valence-corrected chi connectivity index (χ4v) is 1.31. The number of hydrogen-bond donors (Lipinski definition) is 2. The van der Waals surface area contributed by atoms with Gasteiger partial charge in [-0.1, -0.05) is 0 Å². The van der Waals surface area contributed by atoms with Crippen molar-refractivity contribution < 1.29 is 27.9 Å². The lowest BCUT2D eigenvalue weighted by Crippen LogP contribution is -2.41. The van der Waals surface area contributed by atoms with Crippen LogP contribution in [0.5, 0.6) is 5.75 Å². The van der Waals surface area contributed by atoms with Gasteiger partial charge in [0.25, 0.3) is 5.91 Å². The lowest BCUT2D eigenvalue weighted by molar-refractivity contribution is -0.138. The van der Waals surface area contributed by atoms with E-state index >= 15 is 0 Å². The van der Waals surface area contributed by atoms with Gasteiger partial charge in [-0.2, -0.15) is 13.2 Å². The van der Waals surface area contributed by atoms with Gasteiger partial charge in [-0.05, 0) is 6.07 Å². The molecule has 110 valence electrons. The zero-order chi connectivity index (χ0) is 15.3. The first-order valence-corrected chi connectivity index (χ1v) is 5.42. The number of rotatable bonds is 4. The lowest BCUT2D eigenvalue weighted by Gasteiger charge is -2.17. The van der Waals surface area contributed by atoms with Crippen LogP contribution in [0.1, 0.15) is 10.4 Å². The van der Waals surface area contributed by atoms with Gasteiger partial charge in [0, 0.05) is 13.2 Å². The van der Waals surface area contributed by atoms with Crippen LogP contribution >= 0.6 is 0 Å². The molecule has 0 aromatic carbocycles. The van der Waals surface area contributed by atoms with Crippen LogP contribution in [0.4, 0.5) is 13.2 Å². The standard InChI is InChI=1S/C11H12F3N3O3/c1-17(5-9(19)16-6-11(12,13)14)10(20)7-2-8(18)4-15-3-7/h2-4,18H,5-6H2,1H3,(H,16,19). The minimum atomic E-state index is -4.51. The SMILES string of the molecule is CN(CC(=O)NCC(F)(F)F)C(=O)c1cncc(O)c1. The van der Waals surface area contributed by atoms with E-state index in [0.29, 0.717) is 0 Å². The van der Waals surface area contributed by atoms with Gasteiger partial charge in [-0.15, -0.1) is 0 Å². The van der Waals surface area contributed by atoms with Crippen LogP contribution in [-0.4, -0.2) is 53.1 Å². The lowest BCUT2D eigenvalue weighted by atomic mass is 10.2. The molecular weight excluding hydrogens is 279 g/mol. The number of aromatic nitrogens is 1. The van der Waals surface area contributed by atoms with Gasteiger partial charge >= 0.3 is 6.18 Å². The third-order valence-electron chi connectivity index (χ3n) is 2.18. The van der Waals surface area contributed by atoms with Crippen molar-refractivity contribution >= 4 is 11.8 Å². The van der Waals surface area contributed by atoms with E-state index in [0.717, 1.165) is 17.2 Å². The second-order valence-corrected chi connectivity index (χ2v) is 3.98. The number of carbonyl (C=O) groups is 2. The van der Waals surface area contributed by atoms with E-state index in [1.807, 2.05) is 0 Å². The van der Waals surface area contributed by atoms with Crippen molar-refractivity contribution in [1.29, 1.82) is 0 Å². The molecule has 0 aliphatic heterocycles. The van der Waals surface area contributed by atoms with Crippen LogP contribution < -0.4 is 5.32 Å². The highest BCUT2D eigenvalue weighted by molar-refractivity contribution is 5.96. The number of aromatic hydroxyl groups is 1. The van der Waals surface area contributed by atoms with Crippen molar-refractivity contribution in [2.45, 2.75) is 6.18 Å². The number of nitrogens with zero attached hydrogens (tertiary/aromatic N) is 2. The molecule has 0 unspecified atom stereocenters. The largest absolute Gasteiger partial charge is 0.506 e. The van der Waals surface area contributed by atoms with Gasteiger partial charge in [0.15, 0.2) is 0 Å². The van der Waals surface area contributed by atoms with Crippen molar-refractivity contribution in [3.63, 3.8) is 0 Å². The molecule has 0 bridgehead atoms. The van der Waals surface area contributed by atoms with Crippen LogP contribution in [0.15, 0.2) is 18.5 Å². The highest BCUT2D eigenvalue weighted by Gasteiger charge is 2.28. The maximum absolute atomic E-state index is 11.9. The Balaban J connectivity index is 2.56. The van der Waals surface area contributed by atoms with Crippen LogP contribution in [0.25, 0.3) is 0 Å². The predicted molar refractivity (Wildman–Crippen MR) is 61.9 cm³/mol. The van der Waals surface area contributed by atoms with Crippen LogP contribution in [-0.2, 0) is 4.79 Å². The highest BCUT2D eigenvalue weighted by atomic mass is 19.4. The Morgan fingerprint density at radius 1 is 1.40 bits per heavy atom. The van der Waals surface area contributed by atoms with E-state index in [2.05, 4.69) is 4.98 Å². The smallest absolute Gasteiger partial charge is 0.405 e. The molecule has 0 radical (unpaired) electrons. The summed E-state index contributed by atoms with van der Waals surface area (Å²) in [6.45, 7) is -1.99. The molecule has 1 rings (SSSR count). The maximum atomic E-state index is 11.9. The fraction of sp³-hybridized carbons (Fsp3) is 0.364. The molecule has 6 nitrogen and oxygen atoms in total. The third-order valence-corrected chi connectivity index (χ3v) is 2.18. The van der Waals surface area contributed by atoms with Gasteiger partial charge in [0.05, 0.1) is 18.3 Å². The number of nitrogens with one attached hydrogen (secondary N) is 1. The minimum Gasteiger partial charge on any atom is -0.506 e. The summed E-state index contributed by atoms with van der Waals surface area (Å²) in [5.74, 6) is -1.81. The summed E-state index contributed by atoms with van der Waals surface area (Å²) in [4.78, 5) is 27.5. The van der Waals surface area contributed by atoms with E-state index in [1.165, 1.54) is 13.2 Å². The first kappa shape index (κ1) is 15.7. The molecule has 9 heteroatoms. The van der Waals surface area contributed by atoms with Crippen molar-refractivity contribution in [2.24, 2.45) is 0 Å². The molecule has 20 heavy (non-hydrogen) atoms. The minimum absolute atomic E-state index is 0.0242. The van der Waals surface area contributed by atoms with Gasteiger partial charge in [0.2, 0.25) is 5.91 Å². The van der Waals surface area contributed by atoms with Gasteiger partial charge in [-0.25, -0.2) is 0 Å². The molecular formula is C11H12F3N3O3. The monoisotopic (exact) mass is 291 g/mol. The number of pyridine rings is 1. The van der Waals surface area contributed by atoms with Gasteiger partial charge < -0.3 is 15.3 Å². The molecule has 0 fully saturated rings. The number of likely N-dealkylation sites (N-methyl/N-ethyl adjacent to an activating group) is 1.